The first kappa shape index (κ1) is 30.7. The van der Waals surface area contributed by atoms with E-state index in [4.69, 9.17) is 14.2 Å². The van der Waals surface area contributed by atoms with Crippen molar-refractivity contribution in [3.05, 3.63) is 125 Å². The second-order valence-corrected chi connectivity index (χ2v) is 12.0. The quantitative estimate of drug-likeness (QED) is 0.175. The molecule has 0 saturated carbocycles. The number of phenolic OH excluding ortho intramolecular Hbond substituents is 1. The molecule has 0 aliphatic carbocycles. The summed E-state index contributed by atoms with van der Waals surface area (Å²) in [6.45, 7) is 8.70. The summed E-state index contributed by atoms with van der Waals surface area (Å²) in [5.41, 5.74) is 1.52. The molecule has 0 aliphatic rings. The molecule has 4 rings (SSSR count). The van der Waals surface area contributed by atoms with Gasteiger partial charge in [0.15, 0.2) is 0 Å². The van der Waals surface area contributed by atoms with Crippen LogP contribution < -0.4 is 14.8 Å². The highest BCUT2D eigenvalue weighted by Gasteiger charge is 2.40. The molecule has 0 heterocycles. The summed E-state index contributed by atoms with van der Waals surface area (Å²) >= 11 is 0. The van der Waals surface area contributed by atoms with Crippen molar-refractivity contribution >= 4 is 5.91 Å². The van der Waals surface area contributed by atoms with Gasteiger partial charge in [-0.1, -0.05) is 74.5 Å². The Labute approximate surface area is 249 Å². The Morgan fingerprint density at radius 3 is 1.74 bits per heavy atom. The Bertz CT molecular complexity index is 1410. The van der Waals surface area contributed by atoms with Crippen molar-refractivity contribution in [2.24, 2.45) is 5.41 Å². The molecule has 0 aromatic heterocycles. The Kier molecular flexibility index (Phi) is 9.27. The van der Waals surface area contributed by atoms with Crippen LogP contribution in [0.5, 0.6) is 17.2 Å². The minimum absolute atomic E-state index is 0.0588. The van der Waals surface area contributed by atoms with E-state index in [1.807, 2.05) is 80.6 Å². The van der Waals surface area contributed by atoms with Gasteiger partial charge in [-0.2, -0.15) is 0 Å². The van der Waals surface area contributed by atoms with Crippen molar-refractivity contribution in [1.82, 2.24) is 5.32 Å². The number of carbonyl (C=O) groups is 1. The molecule has 0 radical (unpaired) electrons. The highest BCUT2D eigenvalue weighted by molar-refractivity contribution is 5.95. The number of rotatable bonds is 12. The monoisotopic (exact) mass is 567 g/mol. The van der Waals surface area contributed by atoms with E-state index in [1.165, 1.54) is 6.07 Å². The molecule has 220 valence electrons. The average molecular weight is 568 g/mol. The van der Waals surface area contributed by atoms with E-state index < -0.39 is 11.1 Å². The van der Waals surface area contributed by atoms with Crippen LogP contribution in [0.15, 0.2) is 103 Å². The fourth-order valence-corrected chi connectivity index (χ4v) is 5.70. The summed E-state index contributed by atoms with van der Waals surface area (Å²) in [7, 11) is 3.31. The topological polar surface area (TPSA) is 77.0 Å². The SMILES string of the molecule is COc1ccc(C(OCC(C)(C)CC(C)(C)NC(=O)c2cccc(O)c2)(c2ccccc2)c2ccc(OC)cc2)cc1. The summed E-state index contributed by atoms with van der Waals surface area (Å²) in [6.07, 6.45) is 0.640. The van der Waals surface area contributed by atoms with Crippen molar-refractivity contribution in [2.75, 3.05) is 20.8 Å². The molecule has 6 heteroatoms. The Balaban J connectivity index is 1.68. The van der Waals surface area contributed by atoms with Crippen LogP contribution in [0, 0.1) is 5.41 Å². The van der Waals surface area contributed by atoms with E-state index in [-0.39, 0.29) is 17.1 Å². The molecule has 42 heavy (non-hydrogen) atoms. The first-order valence-electron chi connectivity index (χ1n) is 14.1. The van der Waals surface area contributed by atoms with Crippen LogP contribution in [-0.4, -0.2) is 37.4 Å². The molecule has 0 unspecified atom stereocenters. The molecule has 0 spiro atoms. The average Bonchev–Trinajstić information content (AvgIpc) is 2.98. The van der Waals surface area contributed by atoms with Crippen LogP contribution in [0.2, 0.25) is 0 Å². The minimum atomic E-state index is -0.925. The molecule has 0 bridgehead atoms. The Morgan fingerprint density at radius 1 is 0.714 bits per heavy atom. The van der Waals surface area contributed by atoms with Crippen molar-refractivity contribution in [3.8, 4) is 17.2 Å². The maximum atomic E-state index is 13.0. The van der Waals surface area contributed by atoms with Gasteiger partial charge in [0.05, 0.1) is 20.8 Å². The van der Waals surface area contributed by atoms with Crippen LogP contribution in [0.25, 0.3) is 0 Å². The molecule has 0 saturated heterocycles. The van der Waals surface area contributed by atoms with E-state index in [0.717, 1.165) is 28.2 Å². The van der Waals surface area contributed by atoms with Gasteiger partial charge >= 0.3 is 0 Å². The highest BCUT2D eigenvalue weighted by atomic mass is 16.5. The van der Waals surface area contributed by atoms with Crippen molar-refractivity contribution < 1.29 is 24.1 Å². The zero-order valence-electron chi connectivity index (χ0n) is 25.3. The number of nitrogens with one attached hydrogen (secondary N) is 1. The molecule has 2 N–H and O–H groups in total. The van der Waals surface area contributed by atoms with Gasteiger partial charge in [-0.25, -0.2) is 0 Å². The standard InChI is InChI=1S/C36H41NO5/c1-34(2,24-35(3,4)37-33(39)26-11-10-14-30(38)23-26)25-42-36(27-12-8-7-9-13-27,28-15-19-31(40-5)20-16-28)29-17-21-32(41-6)22-18-29/h7-23,38H,24-25H2,1-6H3,(H,37,39). The van der Waals surface area contributed by atoms with Gasteiger partial charge in [-0.15, -0.1) is 0 Å². The fraction of sp³-hybridized carbons (Fsp3) is 0.306. The number of methoxy groups -OCH3 is 2. The van der Waals surface area contributed by atoms with Gasteiger partial charge in [-0.05, 0) is 84.8 Å². The lowest BCUT2D eigenvalue weighted by molar-refractivity contribution is -0.0387. The van der Waals surface area contributed by atoms with E-state index >= 15 is 0 Å². The number of carbonyl (C=O) groups excluding carboxylic acids is 1. The summed E-state index contributed by atoms with van der Waals surface area (Å²) in [4.78, 5) is 13.0. The van der Waals surface area contributed by atoms with E-state index in [2.05, 4.69) is 31.3 Å². The molecule has 1 amide bonds. The van der Waals surface area contributed by atoms with Crippen LogP contribution in [0.4, 0.5) is 0 Å². The first-order chi connectivity index (χ1) is 20.0. The molecule has 4 aromatic rings. The molecule has 6 nitrogen and oxygen atoms in total. The number of hydrogen-bond acceptors (Lipinski definition) is 5. The van der Waals surface area contributed by atoms with Crippen molar-refractivity contribution in [1.29, 1.82) is 0 Å². The van der Waals surface area contributed by atoms with Crippen LogP contribution in [-0.2, 0) is 10.3 Å². The molecular weight excluding hydrogens is 526 g/mol. The Morgan fingerprint density at radius 2 is 1.24 bits per heavy atom. The third-order valence-corrected chi connectivity index (χ3v) is 7.33. The number of ether oxygens (including phenoxy) is 3. The molecule has 0 aliphatic heterocycles. The second-order valence-electron chi connectivity index (χ2n) is 12.0. The Hall–Kier alpha value is -4.29. The minimum Gasteiger partial charge on any atom is -0.508 e. The maximum absolute atomic E-state index is 13.0. The lowest BCUT2D eigenvalue weighted by Gasteiger charge is -2.41. The van der Waals surface area contributed by atoms with Crippen LogP contribution in [0.1, 0.15) is 61.2 Å². The van der Waals surface area contributed by atoms with Gasteiger partial charge < -0.3 is 24.6 Å². The van der Waals surface area contributed by atoms with Gasteiger partial charge in [0, 0.05) is 11.1 Å². The van der Waals surface area contributed by atoms with Crippen LogP contribution in [0.3, 0.4) is 0 Å². The van der Waals surface area contributed by atoms with Gasteiger partial charge in [0.1, 0.15) is 22.8 Å². The summed E-state index contributed by atoms with van der Waals surface area (Å²) < 4.78 is 18.0. The lowest BCUT2D eigenvalue weighted by Crippen LogP contribution is -2.47. The largest absolute Gasteiger partial charge is 0.508 e. The van der Waals surface area contributed by atoms with Crippen LogP contribution >= 0.6 is 0 Å². The van der Waals surface area contributed by atoms with E-state index in [9.17, 15) is 9.90 Å². The number of phenols is 1. The summed E-state index contributed by atoms with van der Waals surface area (Å²) in [6, 6.07) is 32.6. The van der Waals surface area contributed by atoms with E-state index in [0.29, 0.717) is 18.6 Å². The highest BCUT2D eigenvalue weighted by Crippen LogP contribution is 2.43. The van der Waals surface area contributed by atoms with Gasteiger partial charge in [0.25, 0.3) is 5.91 Å². The predicted molar refractivity (Wildman–Crippen MR) is 166 cm³/mol. The number of amides is 1. The third kappa shape index (κ3) is 7.12. The zero-order chi connectivity index (χ0) is 30.4. The summed E-state index contributed by atoms with van der Waals surface area (Å²) in [5, 5.41) is 13.0. The van der Waals surface area contributed by atoms with Crippen molar-refractivity contribution in [2.45, 2.75) is 45.3 Å². The van der Waals surface area contributed by atoms with Gasteiger partial charge in [0.2, 0.25) is 0 Å². The number of benzene rings is 4. The molecule has 0 fully saturated rings. The predicted octanol–water partition coefficient (Wildman–Crippen LogP) is 7.34. The third-order valence-electron chi connectivity index (χ3n) is 7.33. The maximum Gasteiger partial charge on any atom is 0.251 e. The van der Waals surface area contributed by atoms with Crippen molar-refractivity contribution in [3.63, 3.8) is 0 Å². The van der Waals surface area contributed by atoms with E-state index in [1.54, 1.807) is 32.4 Å². The van der Waals surface area contributed by atoms with Gasteiger partial charge in [-0.3, -0.25) is 4.79 Å². The molecule has 0 atom stereocenters. The normalized spacial score (nSPS) is 12.0. The fourth-order valence-electron chi connectivity index (χ4n) is 5.70. The summed E-state index contributed by atoms with van der Waals surface area (Å²) in [5.74, 6) is 1.35. The molecular formula is C36H41NO5. The first-order valence-corrected chi connectivity index (χ1v) is 14.1. The lowest BCUT2D eigenvalue weighted by atomic mass is 9.78. The molecule has 4 aromatic carbocycles. The number of hydrogen-bond donors (Lipinski definition) is 2. The smallest absolute Gasteiger partial charge is 0.251 e. The second kappa shape index (κ2) is 12.7. The number of aromatic hydroxyl groups is 1. The zero-order valence-corrected chi connectivity index (χ0v) is 25.3.